The minimum atomic E-state index is -1.23. The maximum atomic E-state index is 11.8. The number of carbonyl (C=O) groups is 2. The number of amides is 2. The molecule has 0 saturated carbocycles. The van der Waals surface area contributed by atoms with Crippen LogP contribution < -0.4 is 10.4 Å². The Hall–Kier alpha value is -1.30. The van der Waals surface area contributed by atoms with E-state index in [9.17, 15) is 14.7 Å². The van der Waals surface area contributed by atoms with Gasteiger partial charge in [0.05, 0.1) is 0 Å². The van der Waals surface area contributed by atoms with Crippen molar-refractivity contribution in [3.63, 3.8) is 0 Å². The molecule has 1 rings (SSSR count). The standard InChI is InChI=1S/C11H21N3O3/c1-13(2)6-5-10(15)14-7-3-9(4-8-14)12-11(16)17/h9,12H,3-8H2,1-2H3,(H,16,17)/p-1. The predicted molar refractivity (Wildman–Crippen MR) is 61.3 cm³/mol. The fraction of sp³-hybridized carbons (Fsp3) is 0.818. The molecule has 0 unspecified atom stereocenters. The lowest BCUT2D eigenvalue weighted by Gasteiger charge is -2.33. The molecule has 6 nitrogen and oxygen atoms in total. The first kappa shape index (κ1) is 13.8. The maximum Gasteiger partial charge on any atom is 0.223 e. The maximum absolute atomic E-state index is 11.8. The van der Waals surface area contributed by atoms with Gasteiger partial charge in [-0.1, -0.05) is 0 Å². The lowest BCUT2D eigenvalue weighted by atomic mass is 10.0. The minimum absolute atomic E-state index is 0.0714. The summed E-state index contributed by atoms with van der Waals surface area (Å²) in [6.07, 6.45) is 0.622. The van der Waals surface area contributed by atoms with E-state index in [0.29, 0.717) is 32.4 Å². The fourth-order valence-corrected chi connectivity index (χ4v) is 1.92. The number of nitrogens with one attached hydrogen (secondary N) is 1. The zero-order valence-corrected chi connectivity index (χ0v) is 10.4. The van der Waals surface area contributed by atoms with Crippen LogP contribution >= 0.6 is 0 Å². The van der Waals surface area contributed by atoms with Crippen LogP contribution in [0.25, 0.3) is 0 Å². The molecule has 1 saturated heterocycles. The zero-order valence-electron chi connectivity index (χ0n) is 10.4. The van der Waals surface area contributed by atoms with E-state index < -0.39 is 6.09 Å². The van der Waals surface area contributed by atoms with E-state index in [-0.39, 0.29) is 11.9 Å². The molecular weight excluding hydrogens is 222 g/mol. The van der Waals surface area contributed by atoms with Crippen molar-refractivity contribution in [3.05, 3.63) is 0 Å². The van der Waals surface area contributed by atoms with Crippen molar-refractivity contribution in [2.45, 2.75) is 25.3 Å². The summed E-state index contributed by atoms with van der Waals surface area (Å²) in [5, 5.41) is 12.7. The lowest BCUT2D eigenvalue weighted by molar-refractivity contribution is -0.251. The second kappa shape index (κ2) is 6.44. The Labute approximate surface area is 102 Å². The van der Waals surface area contributed by atoms with Crippen molar-refractivity contribution in [1.82, 2.24) is 15.1 Å². The van der Waals surface area contributed by atoms with Crippen molar-refractivity contribution in [3.8, 4) is 0 Å². The van der Waals surface area contributed by atoms with Gasteiger partial charge in [-0.3, -0.25) is 4.79 Å². The molecule has 6 heteroatoms. The van der Waals surface area contributed by atoms with Crippen LogP contribution in [0.15, 0.2) is 0 Å². The third-order valence-electron chi connectivity index (χ3n) is 2.94. The summed E-state index contributed by atoms with van der Waals surface area (Å²) in [5.74, 6) is 0.144. The first-order chi connectivity index (χ1) is 7.99. The molecule has 0 aliphatic carbocycles. The highest BCUT2D eigenvalue weighted by Crippen LogP contribution is 2.11. The summed E-state index contributed by atoms with van der Waals surface area (Å²) in [7, 11) is 3.87. The molecule has 0 radical (unpaired) electrons. The second-order valence-corrected chi connectivity index (χ2v) is 4.64. The average Bonchev–Trinajstić information content (AvgIpc) is 2.26. The Balaban J connectivity index is 2.26. The molecule has 0 atom stereocenters. The molecule has 17 heavy (non-hydrogen) atoms. The number of hydrogen-bond donors (Lipinski definition) is 1. The molecule has 0 aromatic rings. The van der Waals surface area contributed by atoms with Crippen LogP contribution in [0.3, 0.4) is 0 Å². The molecule has 1 aliphatic rings. The van der Waals surface area contributed by atoms with Crippen LogP contribution in [0.2, 0.25) is 0 Å². The quantitative estimate of drug-likeness (QED) is 0.676. The van der Waals surface area contributed by atoms with E-state index in [1.54, 1.807) is 4.90 Å². The van der Waals surface area contributed by atoms with Gasteiger partial charge in [-0.25, -0.2) is 0 Å². The van der Waals surface area contributed by atoms with Gasteiger partial charge in [0, 0.05) is 32.1 Å². The first-order valence-electron chi connectivity index (χ1n) is 5.89. The summed E-state index contributed by atoms with van der Waals surface area (Å²) < 4.78 is 0. The molecule has 98 valence electrons. The van der Waals surface area contributed by atoms with Crippen LogP contribution in [-0.2, 0) is 4.79 Å². The van der Waals surface area contributed by atoms with Gasteiger partial charge >= 0.3 is 0 Å². The third kappa shape index (κ3) is 5.04. The molecule has 1 fully saturated rings. The Kier molecular flexibility index (Phi) is 5.21. The van der Waals surface area contributed by atoms with Crippen molar-refractivity contribution < 1.29 is 14.7 Å². The van der Waals surface area contributed by atoms with Crippen molar-refractivity contribution in [2.75, 3.05) is 33.7 Å². The molecule has 0 bridgehead atoms. The molecule has 0 spiro atoms. The Morgan fingerprint density at radius 3 is 2.41 bits per heavy atom. The largest absolute Gasteiger partial charge is 0.530 e. The molecule has 1 aliphatic heterocycles. The highest BCUT2D eigenvalue weighted by Gasteiger charge is 2.22. The number of rotatable bonds is 4. The smallest absolute Gasteiger partial charge is 0.223 e. The van der Waals surface area contributed by atoms with Gasteiger partial charge < -0.3 is 25.0 Å². The molecule has 0 aromatic heterocycles. The van der Waals surface area contributed by atoms with E-state index in [1.807, 2.05) is 19.0 Å². The van der Waals surface area contributed by atoms with Gasteiger partial charge in [0.1, 0.15) is 6.09 Å². The topological polar surface area (TPSA) is 75.7 Å². The number of piperidine rings is 1. The van der Waals surface area contributed by atoms with Gasteiger partial charge in [0.25, 0.3) is 0 Å². The van der Waals surface area contributed by atoms with Crippen molar-refractivity contribution in [1.29, 1.82) is 0 Å². The normalized spacial score (nSPS) is 17.2. The number of nitrogens with zero attached hydrogens (tertiary/aromatic N) is 2. The predicted octanol–water partition coefficient (Wildman–Crippen LogP) is -1.14. The van der Waals surface area contributed by atoms with Gasteiger partial charge in [-0.05, 0) is 26.9 Å². The summed E-state index contributed by atoms with van der Waals surface area (Å²) in [6, 6.07) is -0.0714. The molecule has 1 heterocycles. The number of hydrogen-bond acceptors (Lipinski definition) is 4. The molecule has 2 amide bonds. The van der Waals surface area contributed by atoms with E-state index in [2.05, 4.69) is 5.32 Å². The zero-order chi connectivity index (χ0) is 12.8. The number of carboxylic acid groups (broad SMARTS) is 1. The van der Waals surface area contributed by atoms with Gasteiger partial charge in [-0.15, -0.1) is 0 Å². The fourth-order valence-electron chi connectivity index (χ4n) is 1.92. The second-order valence-electron chi connectivity index (χ2n) is 4.64. The number of carbonyl (C=O) groups excluding carboxylic acids is 2. The SMILES string of the molecule is CN(C)CCC(=O)N1CCC(NC(=O)[O-])CC1. The third-order valence-corrected chi connectivity index (χ3v) is 2.94. The Morgan fingerprint density at radius 1 is 1.35 bits per heavy atom. The van der Waals surface area contributed by atoms with Crippen molar-refractivity contribution in [2.24, 2.45) is 0 Å². The molecule has 1 N–H and O–H groups in total. The number of likely N-dealkylation sites (tertiary alicyclic amines) is 1. The van der Waals surface area contributed by atoms with E-state index in [1.165, 1.54) is 0 Å². The molecular formula is C11H20N3O3-. The van der Waals surface area contributed by atoms with Gasteiger partial charge in [0.15, 0.2) is 0 Å². The van der Waals surface area contributed by atoms with E-state index in [4.69, 9.17) is 0 Å². The molecule has 0 aromatic carbocycles. The monoisotopic (exact) mass is 242 g/mol. The van der Waals surface area contributed by atoms with Crippen LogP contribution in [0.4, 0.5) is 4.79 Å². The van der Waals surface area contributed by atoms with Crippen LogP contribution in [0.5, 0.6) is 0 Å². The lowest BCUT2D eigenvalue weighted by Crippen LogP contribution is -2.50. The highest BCUT2D eigenvalue weighted by atomic mass is 16.4. The summed E-state index contributed by atoms with van der Waals surface area (Å²) in [6.45, 7) is 1.99. The van der Waals surface area contributed by atoms with Crippen LogP contribution in [0.1, 0.15) is 19.3 Å². The van der Waals surface area contributed by atoms with Crippen LogP contribution in [0, 0.1) is 0 Å². The Morgan fingerprint density at radius 2 is 1.94 bits per heavy atom. The van der Waals surface area contributed by atoms with E-state index >= 15 is 0 Å². The average molecular weight is 242 g/mol. The summed E-state index contributed by atoms with van der Waals surface area (Å²) >= 11 is 0. The highest BCUT2D eigenvalue weighted by molar-refractivity contribution is 5.76. The summed E-state index contributed by atoms with van der Waals surface area (Å²) in [4.78, 5) is 25.9. The van der Waals surface area contributed by atoms with E-state index in [0.717, 1.165) is 6.54 Å². The van der Waals surface area contributed by atoms with Crippen LogP contribution in [-0.4, -0.2) is 61.6 Å². The minimum Gasteiger partial charge on any atom is -0.530 e. The van der Waals surface area contributed by atoms with Gasteiger partial charge in [-0.2, -0.15) is 0 Å². The summed E-state index contributed by atoms with van der Waals surface area (Å²) in [5.41, 5.74) is 0. The van der Waals surface area contributed by atoms with Crippen molar-refractivity contribution >= 4 is 12.0 Å². The first-order valence-corrected chi connectivity index (χ1v) is 5.89. The van der Waals surface area contributed by atoms with Gasteiger partial charge in [0.2, 0.25) is 5.91 Å². The Bertz CT molecular complexity index is 273.